The molecule has 0 saturated carbocycles. The van der Waals surface area contributed by atoms with Crippen LogP contribution < -0.4 is 5.32 Å². The van der Waals surface area contributed by atoms with Crippen molar-refractivity contribution >= 4 is 40.2 Å². The van der Waals surface area contributed by atoms with E-state index in [0.717, 1.165) is 19.3 Å². The summed E-state index contributed by atoms with van der Waals surface area (Å²) in [7, 11) is 0. The molecule has 1 fully saturated rings. The third-order valence-electron chi connectivity index (χ3n) is 5.64. The number of ether oxygens (including phenoxy) is 1. The summed E-state index contributed by atoms with van der Waals surface area (Å²) in [6.45, 7) is 1.31. The van der Waals surface area contributed by atoms with Gasteiger partial charge in [0.2, 0.25) is 0 Å². The normalized spacial score (nSPS) is 20.7. The molecule has 2 amide bonds. The molecule has 2 aliphatic heterocycles. The number of hydrogen-bond donors (Lipinski definition) is 1. The van der Waals surface area contributed by atoms with E-state index in [1.54, 1.807) is 28.7 Å². The number of rotatable bonds is 4. The molecule has 5 nitrogen and oxygen atoms in total. The van der Waals surface area contributed by atoms with Crippen molar-refractivity contribution in [1.82, 2.24) is 4.90 Å². The molecule has 2 atom stereocenters. The van der Waals surface area contributed by atoms with Gasteiger partial charge in [0.1, 0.15) is 6.10 Å². The number of fused-ring (bicyclic) bond motifs is 1. The summed E-state index contributed by atoms with van der Waals surface area (Å²) >= 11 is 3.44. The summed E-state index contributed by atoms with van der Waals surface area (Å²) < 4.78 is 5.46. The minimum atomic E-state index is -0.397. The summed E-state index contributed by atoms with van der Waals surface area (Å²) in [5.74, 6) is -0.159. The second-order valence-corrected chi connectivity index (χ2v) is 9.52. The van der Waals surface area contributed by atoms with Gasteiger partial charge < -0.3 is 15.0 Å². The van der Waals surface area contributed by atoms with Gasteiger partial charge in [-0.3, -0.25) is 9.59 Å². The number of nitrogens with one attached hydrogen (secondary N) is 1. The average Bonchev–Trinajstić information content (AvgIpc) is 3.55. The predicted octanol–water partition coefficient (Wildman–Crippen LogP) is 4.72. The van der Waals surface area contributed by atoms with Gasteiger partial charge in [-0.15, -0.1) is 22.7 Å². The summed E-state index contributed by atoms with van der Waals surface area (Å²) in [6, 6.07) is 13.4. The predicted molar refractivity (Wildman–Crippen MR) is 119 cm³/mol. The van der Waals surface area contributed by atoms with Crippen LogP contribution in [0.5, 0.6) is 0 Å². The summed E-state index contributed by atoms with van der Waals surface area (Å²) in [4.78, 5) is 30.4. The topological polar surface area (TPSA) is 58.6 Å². The first kappa shape index (κ1) is 19.5. The van der Waals surface area contributed by atoms with Crippen molar-refractivity contribution in [2.75, 3.05) is 18.5 Å². The summed E-state index contributed by atoms with van der Waals surface area (Å²) in [5, 5.41) is 7.07. The zero-order valence-electron chi connectivity index (χ0n) is 16.4. The van der Waals surface area contributed by atoms with Crippen molar-refractivity contribution in [2.45, 2.75) is 31.4 Å². The van der Waals surface area contributed by atoms with Crippen LogP contribution >= 0.6 is 22.7 Å². The molecule has 2 aromatic heterocycles. The molecule has 2 unspecified atom stereocenters. The SMILES string of the molecule is O=C(Nc1cccc(C(=O)N2CCc3sccc3C2c2cccs2)c1)C1CCCO1. The van der Waals surface area contributed by atoms with Crippen LogP contribution in [0.3, 0.4) is 0 Å². The first-order chi connectivity index (χ1) is 14.7. The Hall–Kier alpha value is -2.48. The van der Waals surface area contributed by atoms with E-state index in [0.29, 0.717) is 24.4 Å². The first-order valence-corrected chi connectivity index (χ1v) is 11.9. The molecule has 1 saturated heterocycles. The van der Waals surface area contributed by atoms with Gasteiger partial charge in [0.15, 0.2) is 0 Å². The molecule has 154 valence electrons. The third kappa shape index (κ3) is 3.69. The Morgan fingerprint density at radius 3 is 2.83 bits per heavy atom. The van der Waals surface area contributed by atoms with Crippen molar-refractivity contribution in [3.63, 3.8) is 0 Å². The Balaban J connectivity index is 1.40. The Morgan fingerprint density at radius 2 is 2.03 bits per heavy atom. The number of carbonyl (C=O) groups excluding carboxylic acids is 2. The monoisotopic (exact) mass is 438 g/mol. The molecular weight excluding hydrogens is 416 g/mol. The standard InChI is InChI=1S/C23H22N2O3S2/c26-22(18-6-2-11-28-18)24-16-5-1-4-15(14-16)23(27)25-10-8-19-17(9-13-30-19)21(25)20-7-3-12-29-20/h1,3-5,7,9,12-14,18,21H,2,6,8,10-11H2,(H,24,26). The molecule has 4 heterocycles. The van der Waals surface area contributed by atoms with E-state index in [1.807, 2.05) is 29.2 Å². The maximum atomic E-state index is 13.5. The van der Waals surface area contributed by atoms with Gasteiger partial charge in [-0.1, -0.05) is 12.1 Å². The number of hydrogen-bond acceptors (Lipinski definition) is 5. The van der Waals surface area contributed by atoms with Gasteiger partial charge in [0, 0.05) is 34.2 Å². The highest BCUT2D eigenvalue weighted by molar-refractivity contribution is 7.10. The van der Waals surface area contributed by atoms with Crippen LogP contribution in [-0.2, 0) is 16.0 Å². The second-order valence-electron chi connectivity index (χ2n) is 7.54. The van der Waals surface area contributed by atoms with E-state index in [-0.39, 0.29) is 17.9 Å². The molecule has 0 bridgehead atoms. The quantitative estimate of drug-likeness (QED) is 0.642. The molecule has 0 aliphatic carbocycles. The molecular formula is C23H22N2O3S2. The average molecular weight is 439 g/mol. The van der Waals surface area contributed by atoms with E-state index in [2.05, 4.69) is 28.2 Å². The zero-order valence-corrected chi connectivity index (χ0v) is 18.0. The van der Waals surface area contributed by atoms with Gasteiger partial charge >= 0.3 is 0 Å². The van der Waals surface area contributed by atoms with E-state index < -0.39 is 6.10 Å². The van der Waals surface area contributed by atoms with Crippen LogP contribution in [0.15, 0.2) is 53.2 Å². The van der Waals surface area contributed by atoms with Crippen molar-refractivity contribution in [3.05, 3.63) is 74.1 Å². The van der Waals surface area contributed by atoms with Crippen LogP contribution in [0.4, 0.5) is 5.69 Å². The Labute approximate surface area is 183 Å². The number of benzene rings is 1. The lowest BCUT2D eigenvalue weighted by atomic mass is 9.97. The molecule has 30 heavy (non-hydrogen) atoms. The summed E-state index contributed by atoms with van der Waals surface area (Å²) in [6.07, 6.45) is 2.12. The highest BCUT2D eigenvalue weighted by Crippen LogP contribution is 2.40. The molecule has 7 heteroatoms. The lowest BCUT2D eigenvalue weighted by Gasteiger charge is -2.35. The molecule has 1 aromatic carbocycles. The number of anilines is 1. The van der Waals surface area contributed by atoms with Crippen LogP contribution in [0.1, 0.15) is 44.6 Å². The fourth-order valence-electron chi connectivity index (χ4n) is 4.19. The van der Waals surface area contributed by atoms with E-state index in [4.69, 9.17) is 4.74 Å². The highest BCUT2D eigenvalue weighted by atomic mass is 32.1. The fourth-order valence-corrected chi connectivity index (χ4v) is 5.95. The molecule has 5 rings (SSSR count). The molecule has 0 radical (unpaired) electrons. The van der Waals surface area contributed by atoms with E-state index in [1.165, 1.54) is 15.3 Å². The zero-order chi connectivity index (χ0) is 20.5. The lowest BCUT2D eigenvalue weighted by molar-refractivity contribution is -0.124. The maximum absolute atomic E-state index is 13.5. The van der Waals surface area contributed by atoms with Crippen LogP contribution in [0.25, 0.3) is 0 Å². The van der Waals surface area contributed by atoms with Gasteiger partial charge in [0.25, 0.3) is 11.8 Å². The van der Waals surface area contributed by atoms with Gasteiger partial charge in [-0.05, 0) is 65.9 Å². The third-order valence-corrected chi connectivity index (χ3v) is 7.56. The number of nitrogens with zero attached hydrogens (tertiary/aromatic N) is 1. The van der Waals surface area contributed by atoms with E-state index in [9.17, 15) is 9.59 Å². The van der Waals surface area contributed by atoms with Gasteiger partial charge in [0.05, 0.1) is 6.04 Å². The lowest BCUT2D eigenvalue weighted by Crippen LogP contribution is -2.39. The number of thiophene rings is 2. The minimum Gasteiger partial charge on any atom is -0.368 e. The largest absolute Gasteiger partial charge is 0.368 e. The molecule has 0 spiro atoms. The molecule has 3 aromatic rings. The maximum Gasteiger partial charge on any atom is 0.254 e. The Kier molecular flexibility index (Phi) is 5.41. The van der Waals surface area contributed by atoms with Gasteiger partial charge in [-0.2, -0.15) is 0 Å². The first-order valence-electron chi connectivity index (χ1n) is 10.1. The summed E-state index contributed by atoms with van der Waals surface area (Å²) in [5.41, 5.74) is 2.44. The second kappa shape index (κ2) is 8.34. The smallest absolute Gasteiger partial charge is 0.254 e. The minimum absolute atomic E-state index is 0.0153. The number of carbonyl (C=O) groups is 2. The Bertz CT molecular complexity index is 1050. The molecule has 1 N–H and O–H groups in total. The number of amides is 2. The van der Waals surface area contributed by atoms with Crippen LogP contribution in [-0.4, -0.2) is 36.0 Å². The van der Waals surface area contributed by atoms with Crippen molar-refractivity contribution < 1.29 is 14.3 Å². The van der Waals surface area contributed by atoms with Crippen molar-refractivity contribution in [1.29, 1.82) is 0 Å². The highest BCUT2D eigenvalue weighted by Gasteiger charge is 2.34. The van der Waals surface area contributed by atoms with Crippen LogP contribution in [0, 0.1) is 0 Å². The molecule has 2 aliphatic rings. The van der Waals surface area contributed by atoms with Crippen LogP contribution in [0.2, 0.25) is 0 Å². The van der Waals surface area contributed by atoms with E-state index >= 15 is 0 Å². The Morgan fingerprint density at radius 1 is 1.10 bits per heavy atom. The van der Waals surface area contributed by atoms with Crippen molar-refractivity contribution in [2.24, 2.45) is 0 Å². The van der Waals surface area contributed by atoms with Crippen molar-refractivity contribution in [3.8, 4) is 0 Å². The fraction of sp³-hybridized carbons (Fsp3) is 0.304. The van der Waals surface area contributed by atoms with Gasteiger partial charge in [-0.25, -0.2) is 0 Å².